The van der Waals surface area contributed by atoms with Crippen LogP contribution in [0.2, 0.25) is 0 Å². The van der Waals surface area contributed by atoms with E-state index in [1.54, 1.807) is 18.2 Å². The molecule has 0 aromatic heterocycles. The van der Waals surface area contributed by atoms with Crippen molar-refractivity contribution in [3.8, 4) is 0 Å². The number of ether oxygens (including phenoxy) is 1. The molecule has 0 atom stereocenters. The highest BCUT2D eigenvalue weighted by atomic mass is 127. The molecule has 1 aromatic rings. The summed E-state index contributed by atoms with van der Waals surface area (Å²) in [5, 5.41) is 6.49. The van der Waals surface area contributed by atoms with Crippen molar-refractivity contribution in [2.24, 2.45) is 4.99 Å². The van der Waals surface area contributed by atoms with Gasteiger partial charge >= 0.3 is 0 Å². The number of aliphatic imine (C=N–C) groups is 1. The molecular formula is C21H37IN4O3S. The van der Waals surface area contributed by atoms with E-state index in [0.717, 1.165) is 19.4 Å². The molecular weight excluding hydrogens is 515 g/mol. The van der Waals surface area contributed by atoms with E-state index >= 15 is 0 Å². The van der Waals surface area contributed by atoms with Crippen LogP contribution in [-0.4, -0.2) is 58.6 Å². The molecule has 172 valence electrons. The highest BCUT2D eigenvalue weighted by Gasteiger charge is 2.20. The number of benzene rings is 1. The molecule has 0 saturated heterocycles. The average molecular weight is 553 g/mol. The Labute approximate surface area is 199 Å². The SMILES string of the molecule is CCNC(=NCc1ccccc1S(=O)(=O)N(C)C)NCCOC1CCCCCC1.I. The first-order valence-corrected chi connectivity index (χ1v) is 12.0. The number of guanidine groups is 1. The normalized spacial score (nSPS) is 16.1. The fourth-order valence-corrected chi connectivity index (χ4v) is 4.50. The molecule has 7 nitrogen and oxygen atoms in total. The molecule has 0 spiro atoms. The van der Waals surface area contributed by atoms with Crippen molar-refractivity contribution in [2.75, 3.05) is 33.8 Å². The Morgan fingerprint density at radius 1 is 1.13 bits per heavy atom. The summed E-state index contributed by atoms with van der Waals surface area (Å²) in [4.78, 5) is 4.87. The van der Waals surface area contributed by atoms with E-state index in [-0.39, 0.29) is 30.5 Å². The lowest BCUT2D eigenvalue weighted by molar-refractivity contribution is 0.0468. The molecule has 2 N–H and O–H groups in total. The van der Waals surface area contributed by atoms with Gasteiger partial charge in [-0.15, -0.1) is 24.0 Å². The minimum atomic E-state index is -3.50. The monoisotopic (exact) mass is 552 g/mol. The summed E-state index contributed by atoms with van der Waals surface area (Å²) < 4.78 is 32.3. The molecule has 1 fully saturated rings. The number of nitrogens with one attached hydrogen (secondary N) is 2. The highest BCUT2D eigenvalue weighted by molar-refractivity contribution is 14.0. The summed E-state index contributed by atoms with van der Waals surface area (Å²) in [7, 11) is -0.427. The van der Waals surface area contributed by atoms with Crippen molar-refractivity contribution < 1.29 is 13.2 Å². The van der Waals surface area contributed by atoms with E-state index in [0.29, 0.717) is 35.7 Å². The van der Waals surface area contributed by atoms with Crippen molar-refractivity contribution in [3.05, 3.63) is 29.8 Å². The van der Waals surface area contributed by atoms with Crippen LogP contribution >= 0.6 is 24.0 Å². The van der Waals surface area contributed by atoms with Gasteiger partial charge < -0.3 is 15.4 Å². The maximum Gasteiger partial charge on any atom is 0.242 e. The summed E-state index contributed by atoms with van der Waals surface area (Å²) in [6, 6.07) is 7.00. The number of halogens is 1. The van der Waals surface area contributed by atoms with Gasteiger partial charge in [0, 0.05) is 27.2 Å². The van der Waals surface area contributed by atoms with Crippen LogP contribution in [0, 0.1) is 0 Å². The van der Waals surface area contributed by atoms with Crippen LogP contribution in [0.25, 0.3) is 0 Å². The number of hydrogen-bond donors (Lipinski definition) is 2. The Morgan fingerprint density at radius 2 is 1.80 bits per heavy atom. The van der Waals surface area contributed by atoms with E-state index in [1.807, 2.05) is 13.0 Å². The third kappa shape index (κ3) is 8.68. The number of hydrogen-bond acceptors (Lipinski definition) is 4. The Kier molecular flexibility index (Phi) is 12.8. The Balaban J connectivity index is 0.00000450. The lowest BCUT2D eigenvalue weighted by Gasteiger charge is -2.17. The van der Waals surface area contributed by atoms with Crippen molar-refractivity contribution in [1.82, 2.24) is 14.9 Å². The molecule has 9 heteroatoms. The first-order valence-electron chi connectivity index (χ1n) is 10.6. The highest BCUT2D eigenvalue weighted by Crippen LogP contribution is 2.20. The Hall–Kier alpha value is -0.910. The molecule has 1 aliphatic rings. The van der Waals surface area contributed by atoms with Crippen LogP contribution in [0.1, 0.15) is 51.0 Å². The van der Waals surface area contributed by atoms with Crippen LogP contribution in [0.3, 0.4) is 0 Å². The third-order valence-electron chi connectivity index (χ3n) is 5.03. The lowest BCUT2D eigenvalue weighted by Crippen LogP contribution is -2.39. The van der Waals surface area contributed by atoms with Gasteiger partial charge in [-0.2, -0.15) is 0 Å². The van der Waals surface area contributed by atoms with E-state index < -0.39 is 10.0 Å². The maximum atomic E-state index is 12.5. The van der Waals surface area contributed by atoms with Crippen LogP contribution in [0.4, 0.5) is 0 Å². The quantitative estimate of drug-likeness (QED) is 0.162. The predicted molar refractivity (Wildman–Crippen MR) is 133 cm³/mol. The standard InChI is InChI=1S/C21H36N4O3S.HI/c1-4-22-21(23-15-16-28-19-12-7-5-6-8-13-19)24-17-18-11-9-10-14-20(18)29(26,27)25(2)3;/h9-11,14,19H,4-8,12-13,15-17H2,1-3H3,(H2,22,23,24);1H. The van der Waals surface area contributed by atoms with Gasteiger partial charge in [-0.3, -0.25) is 0 Å². The molecule has 0 heterocycles. The second-order valence-corrected chi connectivity index (χ2v) is 9.62. The molecule has 30 heavy (non-hydrogen) atoms. The van der Waals surface area contributed by atoms with Gasteiger partial charge in [0.15, 0.2) is 5.96 Å². The fourth-order valence-electron chi connectivity index (χ4n) is 3.39. The molecule has 1 aliphatic carbocycles. The molecule has 1 aromatic carbocycles. The summed E-state index contributed by atoms with van der Waals surface area (Å²) in [5.41, 5.74) is 0.674. The second-order valence-electron chi connectivity index (χ2n) is 7.50. The molecule has 0 bridgehead atoms. The first-order chi connectivity index (χ1) is 13.9. The van der Waals surface area contributed by atoms with Crippen molar-refractivity contribution >= 4 is 40.0 Å². The second kappa shape index (κ2) is 14.2. The van der Waals surface area contributed by atoms with Gasteiger partial charge in [-0.05, 0) is 31.4 Å². The van der Waals surface area contributed by atoms with Crippen molar-refractivity contribution in [2.45, 2.75) is 63.0 Å². The minimum Gasteiger partial charge on any atom is -0.376 e. The Morgan fingerprint density at radius 3 is 2.43 bits per heavy atom. The summed E-state index contributed by atoms with van der Waals surface area (Å²) in [6.45, 7) is 4.32. The Bertz CT molecular complexity index is 748. The van der Waals surface area contributed by atoms with Crippen LogP contribution in [-0.2, 0) is 21.3 Å². The zero-order chi connectivity index (χ0) is 21.1. The number of rotatable bonds is 9. The van der Waals surface area contributed by atoms with E-state index in [1.165, 1.54) is 44.1 Å². The van der Waals surface area contributed by atoms with Crippen molar-refractivity contribution in [1.29, 1.82) is 0 Å². The summed E-state index contributed by atoms with van der Waals surface area (Å²) in [5.74, 6) is 0.661. The third-order valence-corrected chi connectivity index (χ3v) is 6.95. The zero-order valence-corrected chi connectivity index (χ0v) is 21.5. The predicted octanol–water partition coefficient (Wildman–Crippen LogP) is 3.35. The molecule has 0 aliphatic heterocycles. The molecule has 1 saturated carbocycles. The average Bonchev–Trinajstić information content (AvgIpc) is 2.98. The van der Waals surface area contributed by atoms with Crippen LogP contribution in [0.15, 0.2) is 34.2 Å². The number of sulfonamides is 1. The van der Waals surface area contributed by atoms with Gasteiger partial charge in [-0.1, -0.05) is 43.9 Å². The summed E-state index contributed by atoms with van der Waals surface area (Å²) >= 11 is 0. The molecule has 0 radical (unpaired) electrons. The minimum absolute atomic E-state index is 0. The van der Waals surface area contributed by atoms with Gasteiger partial charge in [-0.25, -0.2) is 17.7 Å². The van der Waals surface area contributed by atoms with E-state index in [9.17, 15) is 8.42 Å². The lowest BCUT2D eigenvalue weighted by atomic mass is 10.1. The van der Waals surface area contributed by atoms with Crippen molar-refractivity contribution in [3.63, 3.8) is 0 Å². The van der Waals surface area contributed by atoms with Crippen LogP contribution < -0.4 is 10.6 Å². The van der Waals surface area contributed by atoms with Gasteiger partial charge in [0.1, 0.15) is 0 Å². The number of nitrogens with zero attached hydrogens (tertiary/aromatic N) is 2. The zero-order valence-electron chi connectivity index (χ0n) is 18.4. The largest absolute Gasteiger partial charge is 0.376 e. The van der Waals surface area contributed by atoms with Gasteiger partial charge in [0.05, 0.1) is 24.2 Å². The smallest absolute Gasteiger partial charge is 0.242 e. The van der Waals surface area contributed by atoms with Gasteiger partial charge in [0.25, 0.3) is 0 Å². The summed E-state index contributed by atoms with van der Waals surface area (Å²) in [6.07, 6.45) is 7.86. The molecule has 0 amide bonds. The topological polar surface area (TPSA) is 83.0 Å². The molecule has 0 unspecified atom stereocenters. The fraction of sp³-hybridized carbons (Fsp3) is 0.667. The van der Waals surface area contributed by atoms with E-state index in [2.05, 4.69) is 15.6 Å². The first kappa shape index (κ1) is 27.1. The molecule has 2 rings (SSSR count). The van der Waals surface area contributed by atoms with Crippen LogP contribution in [0.5, 0.6) is 0 Å². The van der Waals surface area contributed by atoms with Gasteiger partial charge in [0.2, 0.25) is 10.0 Å². The maximum absolute atomic E-state index is 12.5. The van der Waals surface area contributed by atoms with E-state index in [4.69, 9.17) is 4.74 Å².